The number of hydrogen-bond donors (Lipinski definition) is 1. The summed E-state index contributed by atoms with van der Waals surface area (Å²) in [5, 5.41) is 7.00. The number of halogens is 2. The Morgan fingerprint density at radius 3 is 2.49 bits per heavy atom. The quantitative estimate of drug-likeness (QED) is 0.459. The number of methoxy groups -OCH3 is 1. The minimum atomic E-state index is -0.299. The maximum atomic E-state index is 13.4. The number of carbonyl (C=O) groups excluding carboxylic acids is 2. The van der Waals surface area contributed by atoms with E-state index in [2.05, 4.69) is 26.3 Å². The van der Waals surface area contributed by atoms with E-state index in [0.29, 0.717) is 40.5 Å². The van der Waals surface area contributed by atoms with Crippen molar-refractivity contribution in [2.45, 2.75) is 31.6 Å². The molecule has 0 radical (unpaired) electrons. The minimum Gasteiger partial charge on any atom is -0.480 e. The first-order valence-electron chi connectivity index (χ1n) is 11.5. The van der Waals surface area contributed by atoms with Crippen molar-refractivity contribution in [1.29, 1.82) is 0 Å². The number of piperidine rings is 1. The fraction of sp³-hybridized carbons (Fsp3) is 0.346. The molecule has 184 valence electrons. The number of rotatable bonds is 7. The van der Waals surface area contributed by atoms with Crippen LogP contribution in [0.3, 0.4) is 0 Å². The average molecular weight is 543 g/mol. The normalized spacial score (nSPS) is 14.1. The van der Waals surface area contributed by atoms with Gasteiger partial charge in [0.05, 0.1) is 11.6 Å². The topological polar surface area (TPSA) is 76.5 Å². The van der Waals surface area contributed by atoms with Gasteiger partial charge in [-0.1, -0.05) is 18.2 Å². The van der Waals surface area contributed by atoms with Gasteiger partial charge in [-0.3, -0.25) is 14.3 Å². The highest BCUT2D eigenvalue weighted by molar-refractivity contribution is 9.10. The lowest BCUT2D eigenvalue weighted by atomic mass is 9.89. The second-order valence-electron chi connectivity index (χ2n) is 8.68. The molecule has 0 atom stereocenters. The summed E-state index contributed by atoms with van der Waals surface area (Å²) in [5.41, 5.74) is 3.26. The van der Waals surface area contributed by atoms with Crippen molar-refractivity contribution in [3.8, 4) is 5.88 Å². The van der Waals surface area contributed by atoms with Crippen LogP contribution in [0, 0.1) is 5.82 Å². The van der Waals surface area contributed by atoms with Crippen molar-refractivity contribution in [3.63, 3.8) is 0 Å². The Morgan fingerprint density at radius 2 is 1.86 bits per heavy atom. The van der Waals surface area contributed by atoms with Crippen LogP contribution in [0.2, 0.25) is 0 Å². The van der Waals surface area contributed by atoms with Crippen molar-refractivity contribution < 1.29 is 18.7 Å². The number of ether oxygens (including phenoxy) is 1. The van der Waals surface area contributed by atoms with Gasteiger partial charge < -0.3 is 15.0 Å². The largest absolute Gasteiger partial charge is 0.480 e. The molecule has 2 heterocycles. The molecular weight excluding hydrogens is 515 g/mol. The van der Waals surface area contributed by atoms with E-state index in [4.69, 9.17) is 4.74 Å². The molecule has 3 aromatic rings. The molecule has 1 saturated heterocycles. The number of amides is 2. The summed E-state index contributed by atoms with van der Waals surface area (Å²) in [5.74, 6) is 0.343. The van der Waals surface area contributed by atoms with E-state index in [1.807, 2.05) is 29.2 Å². The first-order chi connectivity index (χ1) is 16.8. The molecule has 1 N–H and O–H groups in total. The fourth-order valence-corrected chi connectivity index (χ4v) is 4.78. The van der Waals surface area contributed by atoms with Crippen LogP contribution in [0.15, 0.2) is 53.0 Å². The first kappa shape index (κ1) is 24.9. The molecule has 35 heavy (non-hydrogen) atoms. The highest BCUT2D eigenvalue weighted by Gasteiger charge is 2.24. The molecule has 7 nitrogen and oxygen atoms in total. The predicted molar refractivity (Wildman–Crippen MR) is 135 cm³/mol. The zero-order valence-corrected chi connectivity index (χ0v) is 21.3. The Balaban J connectivity index is 1.26. The van der Waals surface area contributed by atoms with Gasteiger partial charge in [0.25, 0.3) is 5.91 Å². The summed E-state index contributed by atoms with van der Waals surface area (Å²) < 4.78 is 20.4. The maximum absolute atomic E-state index is 13.4. The molecule has 0 aliphatic carbocycles. The van der Waals surface area contributed by atoms with Crippen LogP contribution < -0.4 is 10.1 Å². The second-order valence-corrected chi connectivity index (χ2v) is 9.53. The average Bonchev–Trinajstić information content (AvgIpc) is 3.26. The zero-order valence-electron chi connectivity index (χ0n) is 19.8. The third-order valence-corrected chi connectivity index (χ3v) is 7.01. The number of nitrogens with one attached hydrogen (secondary N) is 1. The summed E-state index contributed by atoms with van der Waals surface area (Å²) in [6, 6.07) is 14.3. The van der Waals surface area contributed by atoms with Crippen LogP contribution in [0.5, 0.6) is 5.88 Å². The van der Waals surface area contributed by atoms with Crippen molar-refractivity contribution in [3.05, 3.63) is 75.6 Å². The smallest absolute Gasteiger partial charge is 0.274 e. The maximum Gasteiger partial charge on any atom is 0.274 e. The lowest BCUT2D eigenvalue weighted by Crippen LogP contribution is -2.38. The summed E-state index contributed by atoms with van der Waals surface area (Å²) in [6.07, 6.45) is 2.80. The van der Waals surface area contributed by atoms with Crippen molar-refractivity contribution in [2.24, 2.45) is 7.05 Å². The summed E-state index contributed by atoms with van der Waals surface area (Å²) >= 11 is 3.19. The lowest BCUT2D eigenvalue weighted by molar-refractivity contribution is -0.132. The standard InChI is InChI=1S/C26H28BrFN4O3/c1-31-23(16-24(30-31)35-2)26(34)29-20-7-5-18(6-8-20)19-11-13-32(14-12-19)25(33)10-4-17-3-9-22(28)21(27)15-17/h3,5-9,15-16,19H,4,10-14H2,1-2H3,(H,29,34). The molecule has 1 aromatic heterocycles. The van der Waals surface area contributed by atoms with Gasteiger partial charge in [-0.25, -0.2) is 4.39 Å². The van der Waals surface area contributed by atoms with E-state index in [9.17, 15) is 14.0 Å². The number of hydrogen-bond acceptors (Lipinski definition) is 4. The van der Waals surface area contributed by atoms with E-state index < -0.39 is 0 Å². The Hall–Kier alpha value is -3.20. The summed E-state index contributed by atoms with van der Waals surface area (Å²) in [6.45, 7) is 1.44. The van der Waals surface area contributed by atoms with E-state index >= 15 is 0 Å². The van der Waals surface area contributed by atoms with E-state index in [1.165, 1.54) is 23.4 Å². The molecule has 0 bridgehead atoms. The van der Waals surface area contributed by atoms with Gasteiger partial charge in [0.1, 0.15) is 11.5 Å². The van der Waals surface area contributed by atoms with E-state index in [-0.39, 0.29) is 17.6 Å². The molecule has 4 rings (SSSR count). The highest BCUT2D eigenvalue weighted by atomic mass is 79.9. The summed E-state index contributed by atoms with van der Waals surface area (Å²) in [4.78, 5) is 27.1. The van der Waals surface area contributed by atoms with Crippen LogP contribution in [0.4, 0.5) is 10.1 Å². The molecule has 0 saturated carbocycles. The molecule has 0 spiro atoms. The van der Waals surface area contributed by atoms with Crippen LogP contribution in [-0.4, -0.2) is 46.7 Å². The van der Waals surface area contributed by atoms with Gasteiger partial charge in [0, 0.05) is 38.3 Å². The zero-order chi connectivity index (χ0) is 24.9. The number of carbonyl (C=O) groups is 2. The number of anilines is 1. The van der Waals surface area contributed by atoms with Gasteiger partial charge in [-0.05, 0) is 76.5 Å². The second kappa shape index (κ2) is 11.0. The van der Waals surface area contributed by atoms with Crippen molar-refractivity contribution >= 4 is 33.4 Å². The summed E-state index contributed by atoms with van der Waals surface area (Å²) in [7, 11) is 3.20. The molecule has 1 aliphatic rings. The minimum absolute atomic E-state index is 0.133. The molecule has 9 heteroatoms. The Bertz CT molecular complexity index is 1200. The van der Waals surface area contributed by atoms with Gasteiger partial charge in [-0.2, -0.15) is 0 Å². The number of aromatic nitrogens is 2. The van der Waals surface area contributed by atoms with E-state index in [1.54, 1.807) is 25.2 Å². The fourth-order valence-electron chi connectivity index (χ4n) is 4.35. The molecular formula is C26H28BrFN4O3. The number of benzene rings is 2. The van der Waals surface area contributed by atoms with Gasteiger partial charge in [0.2, 0.25) is 11.8 Å². The Labute approximate surface area is 212 Å². The van der Waals surface area contributed by atoms with Gasteiger partial charge in [0.15, 0.2) is 0 Å². The monoisotopic (exact) mass is 542 g/mol. The Morgan fingerprint density at radius 1 is 1.14 bits per heavy atom. The number of aryl methyl sites for hydroxylation is 2. The molecule has 0 unspecified atom stereocenters. The number of likely N-dealkylation sites (tertiary alicyclic amines) is 1. The van der Waals surface area contributed by atoms with Crippen molar-refractivity contribution in [1.82, 2.24) is 14.7 Å². The van der Waals surface area contributed by atoms with E-state index in [0.717, 1.165) is 31.5 Å². The first-order valence-corrected chi connectivity index (χ1v) is 12.3. The van der Waals surface area contributed by atoms with Gasteiger partial charge >= 0.3 is 0 Å². The molecule has 1 aliphatic heterocycles. The van der Waals surface area contributed by atoms with Crippen molar-refractivity contribution in [2.75, 3.05) is 25.5 Å². The van der Waals surface area contributed by atoms with Gasteiger partial charge in [-0.15, -0.1) is 5.10 Å². The van der Waals surface area contributed by atoms with Crippen LogP contribution in [-0.2, 0) is 18.3 Å². The lowest BCUT2D eigenvalue weighted by Gasteiger charge is -2.32. The molecule has 1 fully saturated rings. The molecule has 2 amide bonds. The SMILES string of the molecule is COc1cc(C(=O)Nc2ccc(C3CCN(C(=O)CCc4ccc(F)c(Br)c4)CC3)cc2)n(C)n1. The third-order valence-electron chi connectivity index (χ3n) is 6.40. The highest BCUT2D eigenvalue weighted by Crippen LogP contribution is 2.29. The van der Waals surface area contributed by atoms with Crippen LogP contribution in [0.25, 0.3) is 0 Å². The number of nitrogens with zero attached hydrogens (tertiary/aromatic N) is 3. The predicted octanol–water partition coefficient (Wildman–Crippen LogP) is 4.92. The Kier molecular flexibility index (Phi) is 7.85. The molecule has 2 aromatic carbocycles. The van der Waals surface area contributed by atoms with Crippen LogP contribution >= 0.6 is 15.9 Å². The third kappa shape index (κ3) is 6.08. The van der Waals surface area contributed by atoms with Crippen LogP contribution in [0.1, 0.15) is 46.8 Å².